The Hall–Kier alpha value is -0.810. The summed E-state index contributed by atoms with van der Waals surface area (Å²) in [4.78, 5) is 11.2. The highest BCUT2D eigenvalue weighted by atomic mass is 16.2. The summed E-state index contributed by atoms with van der Waals surface area (Å²) in [5.41, 5.74) is 2.82. The predicted octanol–water partition coefficient (Wildman–Crippen LogP) is 0.147. The zero-order chi connectivity index (χ0) is 9.94. The average Bonchev–Trinajstić information content (AvgIpc) is 1.82. The first-order valence-corrected chi connectivity index (χ1v) is 3.78. The molecule has 0 aromatic carbocycles. The lowest BCUT2D eigenvalue weighted by molar-refractivity contribution is 0.130. The van der Waals surface area contributed by atoms with Crippen LogP contribution in [0.15, 0.2) is 0 Å². The summed E-state index contributed by atoms with van der Waals surface area (Å²) in [6, 6.07) is -0.273. The van der Waals surface area contributed by atoms with Gasteiger partial charge in [0.05, 0.1) is 0 Å². The van der Waals surface area contributed by atoms with Gasteiger partial charge in [-0.25, -0.2) is 16.1 Å². The summed E-state index contributed by atoms with van der Waals surface area (Å²) in [7, 11) is 3.14. The number of carbonyl (C=O) groups is 1. The quantitative estimate of drug-likeness (QED) is 0.338. The number of rotatable bonds is 1. The van der Waals surface area contributed by atoms with Crippen molar-refractivity contribution < 1.29 is 4.79 Å². The molecule has 0 aliphatic heterocycles. The van der Waals surface area contributed by atoms with Gasteiger partial charge in [0.1, 0.15) is 0 Å². The minimum Gasteiger partial charge on any atom is -0.264 e. The molecule has 0 spiro atoms. The number of hydrogen-bond acceptors (Lipinski definition) is 3. The van der Waals surface area contributed by atoms with Crippen molar-refractivity contribution in [3.63, 3.8) is 0 Å². The summed E-state index contributed by atoms with van der Waals surface area (Å²) >= 11 is 0. The summed E-state index contributed by atoms with van der Waals surface area (Å²) in [6.45, 7) is 5.90. The third-order valence-electron chi connectivity index (χ3n) is 1.09. The van der Waals surface area contributed by atoms with Crippen molar-refractivity contribution in [2.75, 3.05) is 14.1 Å². The van der Waals surface area contributed by atoms with Crippen molar-refractivity contribution in [1.82, 2.24) is 15.4 Å². The lowest BCUT2D eigenvalue weighted by Crippen LogP contribution is -2.54. The van der Waals surface area contributed by atoms with Crippen LogP contribution < -0.4 is 11.3 Å². The van der Waals surface area contributed by atoms with Gasteiger partial charge in [-0.05, 0) is 20.8 Å². The molecule has 2 amide bonds. The third kappa shape index (κ3) is 4.15. The van der Waals surface area contributed by atoms with Crippen molar-refractivity contribution >= 4 is 6.03 Å². The number of amides is 2. The summed E-state index contributed by atoms with van der Waals surface area (Å²) in [6.07, 6.45) is 0. The van der Waals surface area contributed by atoms with Crippen LogP contribution in [-0.4, -0.2) is 35.7 Å². The maximum absolute atomic E-state index is 11.2. The summed E-state index contributed by atoms with van der Waals surface area (Å²) in [5, 5.41) is 2.39. The molecule has 3 N–H and O–H groups in total. The largest absolute Gasteiger partial charge is 0.347 e. The highest BCUT2D eigenvalue weighted by Crippen LogP contribution is 1.99. The van der Waals surface area contributed by atoms with Gasteiger partial charge in [-0.15, -0.1) is 0 Å². The first kappa shape index (κ1) is 11.2. The molecule has 12 heavy (non-hydrogen) atoms. The van der Waals surface area contributed by atoms with Crippen LogP contribution in [0.2, 0.25) is 0 Å². The third-order valence-corrected chi connectivity index (χ3v) is 1.09. The second-order valence-electron chi connectivity index (χ2n) is 3.81. The molecule has 0 bridgehead atoms. The van der Waals surface area contributed by atoms with E-state index in [-0.39, 0.29) is 11.6 Å². The van der Waals surface area contributed by atoms with Crippen LogP contribution in [0.1, 0.15) is 20.8 Å². The topological polar surface area (TPSA) is 61.6 Å². The fourth-order valence-corrected chi connectivity index (χ4v) is 0.788. The molecule has 72 valence electrons. The number of hydrazine groups is 2. The van der Waals surface area contributed by atoms with Crippen molar-refractivity contribution in [1.29, 1.82) is 0 Å². The lowest BCUT2D eigenvalue weighted by Gasteiger charge is -2.30. The van der Waals surface area contributed by atoms with Crippen LogP contribution in [0.25, 0.3) is 0 Å². The molecule has 5 heteroatoms. The van der Waals surface area contributed by atoms with Gasteiger partial charge in [0.25, 0.3) is 0 Å². The highest BCUT2D eigenvalue weighted by molar-refractivity contribution is 5.72. The fourth-order valence-electron chi connectivity index (χ4n) is 0.788. The van der Waals surface area contributed by atoms with Crippen LogP contribution in [0.4, 0.5) is 4.79 Å². The summed E-state index contributed by atoms with van der Waals surface area (Å²) in [5.74, 6) is 5.26. The monoisotopic (exact) mass is 174 g/mol. The van der Waals surface area contributed by atoms with Gasteiger partial charge in [0.2, 0.25) is 0 Å². The minimum atomic E-state index is -0.273. The normalized spacial score (nSPS) is 11.2. The minimum absolute atomic E-state index is 0.138. The van der Waals surface area contributed by atoms with Crippen molar-refractivity contribution in [2.24, 2.45) is 5.84 Å². The van der Waals surface area contributed by atoms with E-state index in [2.05, 4.69) is 5.43 Å². The molecule has 0 rings (SSSR count). The molecule has 0 fully saturated rings. The number of urea groups is 1. The molecule has 0 radical (unpaired) electrons. The van der Waals surface area contributed by atoms with E-state index >= 15 is 0 Å². The molecule has 0 aromatic rings. The number of nitrogens with one attached hydrogen (secondary N) is 1. The van der Waals surface area contributed by atoms with Gasteiger partial charge in [-0.3, -0.25) is 10.0 Å². The van der Waals surface area contributed by atoms with E-state index < -0.39 is 0 Å². The second kappa shape index (κ2) is 3.73. The molecule has 0 heterocycles. The van der Waals surface area contributed by atoms with Gasteiger partial charge >= 0.3 is 6.03 Å². The Labute approximate surface area is 73.4 Å². The molecular weight excluding hydrogens is 156 g/mol. The zero-order valence-corrected chi connectivity index (χ0v) is 8.38. The Kier molecular flexibility index (Phi) is 3.48. The Morgan fingerprint density at radius 1 is 1.33 bits per heavy atom. The first-order valence-electron chi connectivity index (χ1n) is 3.78. The second-order valence-corrected chi connectivity index (χ2v) is 3.81. The van der Waals surface area contributed by atoms with Crippen LogP contribution in [-0.2, 0) is 0 Å². The van der Waals surface area contributed by atoms with Gasteiger partial charge in [0.15, 0.2) is 0 Å². The van der Waals surface area contributed by atoms with E-state index in [0.717, 1.165) is 5.01 Å². The Morgan fingerprint density at radius 2 is 1.75 bits per heavy atom. The number of carbonyl (C=O) groups excluding carboxylic acids is 1. The Bertz CT molecular complexity index is 161. The number of nitrogens with two attached hydrogens (primary N) is 1. The van der Waals surface area contributed by atoms with Gasteiger partial charge < -0.3 is 0 Å². The van der Waals surface area contributed by atoms with Crippen molar-refractivity contribution in [3.8, 4) is 0 Å². The van der Waals surface area contributed by atoms with E-state index in [1.807, 2.05) is 20.8 Å². The van der Waals surface area contributed by atoms with Gasteiger partial charge in [0, 0.05) is 19.6 Å². The van der Waals surface area contributed by atoms with E-state index in [0.29, 0.717) is 0 Å². The smallest absolute Gasteiger partial charge is 0.264 e. The molecule has 0 saturated heterocycles. The predicted molar refractivity (Wildman–Crippen MR) is 48.0 cm³/mol. The fraction of sp³-hybridized carbons (Fsp3) is 0.857. The van der Waals surface area contributed by atoms with E-state index in [1.54, 1.807) is 7.05 Å². The SMILES string of the molecule is CN(N)C(=O)N(C)NC(C)(C)C. The zero-order valence-electron chi connectivity index (χ0n) is 8.38. The van der Waals surface area contributed by atoms with E-state index in [1.165, 1.54) is 12.1 Å². The van der Waals surface area contributed by atoms with Crippen LogP contribution >= 0.6 is 0 Å². The summed E-state index contributed by atoms with van der Waals surface area (Å²) < 4.78 is 0. The maximum atomic E-state index is 11.2. The molecule has 0 aliphatic carbocycles. The van der Waals surface area contributed by atoms with E-state index in [9.17, 15) is 4.79 Å². The standard InChI is InChI=1S/C7H18N4O/c1-7(2,3)9-11(5)6(12)10(4)8/h9H,8H2,1-5H3. The maximum Gasteiger partial charge on any atom is 0.347 e. The van der Waals surface area contributed by atoms with Gasteiger partial charge in [-0.1, -0.05) is 0 Å². The van der Waals surface area contributed by atoms with Crippen molar-refractivity contribution in [3.05, 3.63) is 0 Å². The number of nitrogens with zero attached hydrogens (tertiary/aromatic N) is 2. The van der Waals surface area contributed by atoms with E-state index in [4.69, 9.17) is 5.84 Å². The Balaban J connectivity index is 4.05. The molecule has 0 saturated carbocycles. The average molecular weight is 174 g/mol. The lowest BCUT2D eigenvalue weighted by atomic mass is 10.1. The van der Waals surface area contributed by atoms with Crippen LogP contribution in [0.5, 0.6) is 0 Å². The first-order chi connectivity index (χ1) is 5.24. The van der Waals surface area contributed by atoms with Crippen molar-refractivity contribution in [2.45, 2.75) is 26.3 Å². The highest BCUT2D eigenvalue weighted by Gasteiger charge is 2.17. The molecule has 0 aromatic heterocycles. The van der Waals surface area contributed by atoms with Gasteiger partial charge in [-0.2, -0.15) is 0 Å². The molecule has 5 nitrogen and oxygen atoms in total. The number of hydrogen-bond donors (Lipinski definition) is 2. The Morgan fingerprint density at radius 3 is 2.00 bits per heavy atom. The van der Waals surface area contributed by atoms with Crippen LogP contribution in [0, 0.1) is 0 Å². The van der Waals surface area contributed by atoms with Crippen LogP contribution in [0.3, 0.4) is 0 Å². The molecule has 0 aliphatic rings. The molecule has 0 unspecified atom stereocenters. The molecule has 0 atom stereocenters. The molecular formula is C7H18N4O.